The SMILES string of the molecule is CCCCc1nn(-c2cccc(NC(=O)CCC)c2)c(=O)n1Cc1ccc(-c2ccccc2S(=O)(=O)NC(=O)c2ccccc2Cl)cc1. The number of hydrogen-bond donors (Lipinski definition) is 2. The molecular formula is C36H36ClN5O5S. The van der Waals surface area contributed by atoms with E-state index in [0.29, 0.717) is 41.2 Å². The summed E-state index contributed by atoms with van der Waals surface area (Å²) in [5, 5.41) is 7.68. The smallest absolute Gasteiger partial charge is 0.326 e. The lowest BCUT2D eigenvalue weighted by Gasteiger charge is -2.13. The molecule has 248 valence electrons. The van der Waals surface area contributed by atoms with E-state index in [9.17, 15) is 22.8 Å². The summed E-state index contributed by atoms with van der Waals surface area (Å²) in [4.78, 5) is 38.6. The van der Waals surface area contributed by atoms with Gasteiger partial charge in [0.25, 0.3) is 15.9 Å². The van der Waals surface area contributed by atoms with Gasteiger partial charge in [0.05, 0.1) is 27.7 Å². The minimum atomic E-state index is -4.26. The van der Waals surface area contributed by atoms with Crippen LogP contribution in [0.2, 0.25) is 5.02 Å². The van der Waals surface area contributed by atoms with Crippen molar-refractivity contribution in [2.45, 2.75) is 57.4 Å². The van der Waals surface area contributed by atoms with E-state index in [1.165, 1.54) is 22.9 Å². The van der Waals surface area contributed by atoms with Crippen molar-refractivity contribution in [3.8, 4) is 16.8 Å². The Kier molecular flexibility index (Phi) is 10.9. The van der Waals surface area contributed by atoms with E-state index in [2.05, 4.69) is 22.1 Å². The third-order valence-corrected chi connectivity index (χ3v) is 9.39. The average molecular weight is 686 g/mol. The van der Waals surface area contributed by atoms with Crippen LogP contribution in [0.1, 0.15) is 61.3 Å². The third-order valence-electron chi connectivity index (χ3n) is 7.67. The van der Waals surface area contributed by atoms with E-state index in [-0.39, 0.29) is 33.6 Å². The van der Waals surface area contributed by atoms with Crippen LogP contribution in [0.5, 0.6) is 0 Å². The summed E-state index contributed by atoms with van der Waals surface area (Å²) in [5.74, 6) is -0.290. The minimum Gasteiger partial charge on any atom is -0.326 e. The zero-order valence-corrected chi connectivity index (χ0v) is 28.2. The van der Waals surface area contributed by atoms with E-state index in [4.69, 9.17) is 11.6 Å². The second-order valence-electron chi connectivity index (χ2n) is 11.3. The maximum atomic E-state index is 13.7. The summed E-state index contributed by atoms with van der Waals surface area (Å²) in [6.45, 7) is 4.25. The Bertz CT molecular complexity index is 2110. The summed E-state index contributed by atoms with van der Waals surface area (Å²) in [7, 11) is -4.26. The van der Waals surface area contributed by atoms with E-state index in [1.807, 2.05) is 19.1 Å². The third kappa shape index (κ3) is 7.92. The zero-order chi connectivity index (χ0) is 34.3. The normalized spacial score (nSPS) is 11.3. The van der Waals surface area contributed by atoms with Crippen LogP contribution in [0.25, 0.3) is 16.8 Å². The van der Waals surface area contributed by atoms with Gasteiger partial charge in [0.1, 0.15) is 5.82 Å². The number of unbranched alkanes of at least 4 members (excludes halogenated alkanes) is 1. The summed E-state index contributed by atoms with van der Waals surface area (Å²) in [6, 6.07) is 26.9. The van der Waals surface area contributed by atoms with Crippen molar-refractivity contribution in [2.24, 2.45) is 0 Å². The Labute approximate surface area is 284 Å². The highest BCUT2D eigenvalue weighted by Gasteiger charge is 2.24. The average Bonchev–Trinajstić information content (AvgIpc) is 3.38. The maximum Gasteiger partial charge on any atom is 0.351 e. The number of sulfonamides is 1. The van der Waals surface area contributed by atoms with Gasteiger partial charge in [-0.05, 0) is 60.4 Å². The van der Waals surface area contributed by atoms with Gasteiger partial charge in [-0.2, -0.15) is 4.68 Å². The molecule has 1 aromatic heterocycles. The lowest BCUT2D eigenvalue weighted by molar-refractivity contribution is -0.116. The highest BCUT2D eigenvalue weighted by Crippen LogP contribution is 2.28. The lowest BCUT2D eigenvalue weighted by Crippen LogP contribution is -2.31. The quantitative estimate of drug-likeness (QED) is 0.144. The van der Waals surface area contributed by atoms with Crippen LogP contribution in [0.4, 0.5) is 5.69 Å². The molecule has 0 aliphatic rings. The van der Waals surface area contributed by atoms with Crippen LogP contribution >= 0.6 is 11.6 Å². The fraction of sp³-hybridized carbons (Fsp3) is 0.222. The minimum absolute atomic E-state index is 0.0490. The first-order valence-electron chi connectivity index (χ1n) is 15.7. The zero-order valence-electron chi connectivity index (χ0n) is 26.6. The Morgan fingerprint density at radius 2 is 1.60 bits per heavy atom. The molecule has 0 spiro atoms. The molecule has 0 aliphatic heterocycles. The number of amides is 2. The molecule has 12 heteroatoms. The van der Waals surface area contributed by atoms with Gasteiger partial charge in [-0.15, -0.1) is 5.10 Å². The summed E-state index contributed by atoms with van der Waals surface area (Å²) in [5.41, 5.74) is 2.69. The fourth-order valence-corrected chi connectivity index (χ4v) is 6.66. The number of aryl methyl sites for hydroxylation is 1. The molecular weight excluding hydrogens is 650 g/mol. The molecule has 0 radical (unpaired) electrons. The van der Waals surface area contributed by atoms with Gasteiger partial charge in [-0.3, -0.25) is 14.2 Å². The van der Waals surface area contributed by atoms with Gasteiger partial charge < -0.3 is 5.32 Å². The predicted molar refractivity (Wildman–Crippen MR) is 187 cm³/mol. The number of anilines is 1. The molecule has 0 aliphatic carbocycles. The predicted octanol–water partition coefficient (Wildman–Crippen LogP) is 6.60. The topological polar surface area (TPSA) is 132 Å². The number of benzene rings is 4. The molecule has 0 unspecified atom stereocenters. The molecule has 10 nitrogen and oxygen atoms in total. The number of hydrogen-bond acceptors (Lipinski definition) is 6. The Morgan fingerprint density at radius 1 is 0.875 bits per heavy atom. The number of nitrogens with zero attached hydrogens (tertiary/aromatic N) is 3. The van der Waals surface area contributed by atoms with Crippen molar-refractivity contribution < 1.29 is 18.0 Å². The molecule has 5 rings (SSSR count). The van der Waals surface area contributed by atoms with Crippen LogP contribution < -0.4 is 15.7 Å². The molecule has 0 atom stereocenters. The molecule has 0 saturated carbocycles. The number of aromatic nitrogens is 3. The molecule has 5 aromatic rings. The van der Waals surface area contributed by atoms with Crippen molar-refractivity contribution in [1.29, 1.82) is 0 Å². The van der Waals surface area contributed by atoms with Crippen LogP contribution in [-0.2, 0) is 27.8 Å². The van der Waals surface area contributed by atoms with Gasteiger partial charge in [0.2, 0.25) is 5.91 Å². The van der Waals surface area contributed by atoms with Gasteiger partial charge in [-0.25, -0.2) is 17.9 Å². The van der Waals surface area contributed by atoms with Crippen molar-refractivity contribution in [1.82, 2.24) is 19.1 Å². The first-order chi connectivity index (χ1) is 23.1. The van der Waals surface area contributed by atoms with E-state index in [1.54, 1.807) is 71.3 Å². The Morgan fingerprint density at radius 3 is 2.33 bits per heavy atom. The summed E-state index contributed by atoms with van der Waals surface area (Å²) >= 11 is 6.11. The molecule has 0 saturated heterocycles. The Hall–Kier alpha value is -5.00. The lowest BCUT2D eigenvalue weighted by atomic mass is 10.0. The standard InChI is InChI=1S/C36H36ClN5O5S/c1-3-5-18-33-39-42(28-13-10-12-27(23-28)38-34(43)11-4-2)36(45)41(33)24-25-19-21-26(22-20-25)29-14-7-9-17-32(29)48(46,47)40-35(44)30-15-6-8-16-31(30)37/h6-10,12-17,19-23H,3-5,11,18,24H2,1-2H3,(H,38,43)(H,40,44). The second kappa shape index (κ2) is 15.3. The van der Waals surface area contributed by atoms with Gasteiger partial charge >= 0.3 is 5.69 Å². The molecule has 48 heavy (non-hydrogen) atoms. The number of nitrogens with one attached hydrogen (secondary N) is 2. The van der Waals surface area contributed by atoms with Crippen molar-refractivity contribution in [3.05, 3.63) is 130 Å². The second-order valence-corrected chi connectivity index (χ2v) is 13.3. The fourth-order valence-electron chi connectivity index (χ4n) is 5.24. The first-order valence-corrected chi connectivity index (χ1v) is 17.6. The highest BCUT2D eigenvalue weighted by molar-refractivity contribution is 7.90. The molecule has 2 N–H and O–H groups in total. The number of rotatable bonds is 13. The number of carbonyl (C=O) groups excluding carboxylic acids is 2. The molecule has 4 aromatic carbocycles. The number of halogens is 1. The van der Waals surface area contributed by atoms with Crippen LogP contribution in [0, 0.1) is 0 Å². The largest absolute Gasteiger partial charge is 0.351 e. The highest BCUT2D eigenvalue weighted by atomic mass is 35.5. The molecule has 2 amide bonds. The van der Waals surface area contributed by atoms with Gasteiger partial charge in [-0.1, -0.05) is 92.5 Å². The van der Waals surface area contributed by atoms with Crippen LogP contribution in [0.15, 0.2) is 107 Å². The molecule has 0 fully saturated rings. The first kappa shape index (κ1) is 34.3. The van der Waals surface area contributed by atoms with E-state index < -0.39 is 15.9 Å². The van der Waals surface area contributed by atoms with Crippen molar-refractivity contribution >= 4 is 39.1 Å². The monoisotopic (exact) mass is 685 g/mol. The van der Waals surface area contributed by atoms with Gasteiger partial charge in [0, 0.05) is 24.1 Å². The molecule has 0 bridgehead atoms. The van der Waals surface area contributed by atoms with Crippen molar-refractivity contribution in [3.63, 3.8) is 0 Å². The maximum absolute atomic E-state index is 13.7. The number of carbonyl (C=O) groups is 2. The van der Waals surface area contributed by atoms with E-state index in [0.717, 1.165) is 24.8 Å². The summed E-state index contributed by atoms with van der Waals surface area (Å²) < 4.78 is 31.9. The molecule has 1 heterocycles. The van der Waals surface area contributed by atoms with E-state index >= 15 is 0 Å². The Balaban J connectivity index is 1.41. The van der Waals surface area contributed by atoms with Crippen molar-refractivity contribution in [2.75, 3.05) is 5.32 Å². The van der Waals surface area contributed by atoms with Gasteiger partial charge in [0.15, 0.2) is 0 Å². The summed E-state index contributed by atoms with van der Waals surface area (Å²) in [6.07, 6.45) is 3.51. The van der Waals surface area contributed by atoms with Crippen LogP contribution in [0.3, 0.4) is 0 Å². The van der Waals surface area contributed by atoms with Crippen LogP contribution in [-0.4, -0.2) is 34.6 Å².